The second-order valence-electron chi connectivity index (χ2n) is 7.48. The first kappa shape index (κ1) is 19.6. The third-order valence-corrected chi connectivity index (χ3v) is 8.38. The van der Waals surface area contributed by atoms with E-state index in [1.165, 1.54) is 4.31 Å². The molecule has 148 valence electrons. The minimum absolute atomic E-state index is 0.0792. The number of rotatable bonds is 3. The Bertz CT molecular complexity index is 1020. The molecule has 1 atom stereocenters. The molecule has 2 heterocycles. The lowest BCUT2D eigenvalue weighted by Crippen LogP contribution is -2.53. The van der Waals surface area contributed by atoms with Crippen molar-refractivity contribution >= 4 is 31.9 Å². The molecule has 0 aliphatic carbocycles. The molecule has 0 N–H and O–H groups in total. The maximum atomic E-state index is 13.5. The summed E-state index contributed by atoms with van der Waals surface area (Å²) in [6, 6.07) is 12.1. The van der Waals surface area contributed by atoms with Crippen molar-refractivity contribution in [1.29, 1.82) is 0 Å². The molecule has 5 nitrogen and oxygen atoms in total. The molecular weight excluding hydrogens is 440 g/mol. The van der Waals surface area contributed by atoms with Gasteiger partial charge in [-0.3, -0.25) is 4.79 Å². The number of carbonyl (C=O) groups excluding carboxylic acids is 1. The van der Waals surface area contributed by atoms with Crippen molar-refractivity contribution in [3.63, 3.8) is 0 Å². The number of hydrogen-bond acceptors (Lipinski definition) is 3. The third kappa shape index (κ3) is 3.51. The Balaban J connectivity index is 1.76. The number of nitrogens with zero attached hydrogens (tertiary/aromatic N) is 2. The highest BCUT2D eigenvalue weighted by atomic mass is 79.9. The van der Waals surface area contributed by atoms with Crippen LogP contribution in [0.1, 0.15) is 29.5 Å². The van der Waals surface area contributed by atoms with E-state index in [0.29, 0.717) is 19.5 Å². The van der Waals surface area contributed by atoms with Crippen LogP contribution in [0.25, 0.3) is 0 Å². The van der Waals surface area contributed by atoms with E-state index >= 15 is 0 Å². The number of carbonyl (C=O) groups is 1. The van der Waals surface area contributed by atoms with Gasteiger partial charge in [-0.2, -0.15) is 4.31 Å². The van der Waals surface area contributed by atoms with Crippen LogP contribution in [0.3, 0.4) is 0 Å². The summed E-state index contributed by atoms with van der Waals surface area (Å²) < 4.78 is 29.3. The van der Waals surface area contributed by atoms with Crippen molar-refractivity contribution in [2.45, 2.75) is 43.7 Å². The highest BCUT2D eigenvalue weighted by molar-refractivity contribution is 9.10. The van der Waals surface area contributed by atoms with E-state index < -0.39 is 16.1 Å². The number of hydrogen-bond donors (Lipinski definition) is 0. The van der Waals surface area contributed by atoms with Crippen LogP contribution in [0.5, 0.6) is 0 Å². The van der Waals surface area contributed by atoms with Crippen LogP contribution in [0.2, 0.25) is 0 Å². The lowest BCUT2D eigenvalue weighted by Gasteiger charge is -2.37. The van der Waals surface area contributed by atoms with Gasteiger partial charge in [-0.15, -0.1) is 0 Å². The normalized spacial score (nSPS) is 20.2. The molecule has 2 aliphatic heterocycles. The van der Waals surface area contributed by atoms with Gasteiger partial charge in [0.2, 0.25) is 15.9 Å². The standard InChI is InChI=1S/C21H23BrN2O3S/c1-15-12-18(8-9-19(15)22)28(26,27)24-14-17-7-3-2-6-16(17)13-20(24)21(25)23-10-4-5-11-23/h2-3,6-9,12,20H,4-5,10-11,13-14H2,1H3. The molecule has 0 aromatic heterocycles. The first-order chi connectivity index (χ1) is 13.4. The summed E-state index contributed by atoms with van der Waals surface area (Å²) in [5.41, 5.74) is 2.87. The summed E-state index contributed by atoms with van der Waals surface area (Å²) in [5.74, 6) is -0.0792. The topological polar surface area (TPSA) is 57.7 Å². The van der Waals surface area contributed by atoms with E-state index in [-0.39, 0.29) is 17.3 Å². The minimum atomic E-state index is -3.80. The molecule has 2 aliphatic rings. The zero-order chi connectivity index (χ0) is 19.9. The molecule has 2 aromatic carbocycles. The van der Waals surface area contributed by atoms with Crippen LogP contribution in [-0.4, -0.2) is 42.7 Å². The monoisotopic (exact) mass is 462 g/mol. The number of halogens is 1. The second kappa shape index (κ2) is 7.61. The Morgan fingerprint density at radius 3 is 2.43 bits per heavy atom. The molecule has 7 heteroatoms. The quantitative estimate of drug-likeness (QED) is 0.701. The van der Waals surface area contributed by atoms with Crippen molar-refractivity contribution in [3.05, 3.63) is 63.6 Å². The Morgan fingerprint density at radius 2 is 1.75 bits per heavy atom. The molecule has 1 fully saturated rings. The van der Waals surface area contributed by atoms with Crippen LogP contribution in [-0.2, 0) is 27.8 Å². The first-order valence-corrected chi connectivity index (χ1v) is 11.7. The number of benzene rings is 2. The molecule has 0 saturated carbocycles. The van der Waals surface area contributed by atoms with Crippen LogP contribution < -0.4 is 0 Å². The summed E-state index contributed by atoms with van der Waals surface area (Å²) in [4.78, 5) is 15.3. The maximum absolute atomic E-state index is 13.5. The Hall–Kier alpha value is -1.70. The molecule has 28 heavy (non-hydrogen) atoms. The van der Waals surface area contributed by atoms with Gasteiger partial charge in [0.05, 0.1) is 4.90 Å². The Kier molecular flexibility index (Phi) is 5.33. The highest BCUT2D eigenvalue weighted by Gasteiger charge is 2.41. The molecule has 4 rings (SSSR count). The average molecular weight is 463 g/mol. The first-order valence-electron chi connectivity index (χ1n) is 9.51. The summed E-state index contributed by atoms with van der Waals surface area (Å²) in [7, 11) is -3.80. The molecule has 1 unspecified atom stereocenters. The van der Waals surface area contributed by atoms with Gasteiger partial charge in [-0.1, -0.05) is 40.2 Å². The predicted octanol–water partition coefficient (Wildman–Crippen LogP) is 3.50. The highest BCUT2D eigenvalue weighted by Crippen LogP contribution is 2.31. The van der Waals surface area contributed by atoms with Crippen molar-refractivity contribution in [3.8, 4) is 0 Å². The molecule has 0 spiro atoms. The Labute approximate surface area is 174 Å². The fourth-order valence-corrected chi connectivity index (χ4v) is 5.92. The SMILES string of the molecule is Cc1cc(S(=O)(=O)N2Cc3ccccc3CC2C(=O)N2CCCC2)ccc1Br. The lowest BCUT2D eigenvalue weighted by atomic mass is 9.95. The van der Waals surface area contributed by atoms with E-state index in [1.807, 2.05) is 36.1 Å². The number of fused-ring (bicyclic) bond motifs is 1. The maximum Gasteiger partial charge on any atom is 0.244 e. The van der Waals surface area contributed by atoms with Gasteiger partial charge in [0.15, 0.2) is 0 Å². The average Bonchev–Trinajstić information content (AvgIpc) is 3.23. The van der Waals surface area contributed by atoms with Gasteiger partial charge in [0.25, 0.3) is 0 Å². The number of amides is 1. The predicted molar refractivity (Wildman–Crippen MR) is 111 cm³/mol. The minimum Gasteiger partial charge on any atom is -0.341 e. The zero-order valence-electron chi connectivity index (χ0n) is 15.8. The molecular formula is C21H23BrN2O3S. The van der Waals surface area contributed by atoms with Gasteiger partial charge in [0, 0.05) is 24.1 Å². The fraction of sp³-hybridized carbons (Fsp3) is 0.381. The summed E-state index contributed by atoms with van der Waals surface area (Å²) in [5, 5.41) is 0. The van der Waals surface area contributed by atoms with E-state index in [0.717, 1.165) is 34.0 Å². The Morgan fingerprint density at radius 1 is 1.07 bits per heavy atom. The summed E-state index contributed by atoms with van der Waals surface area (Å²) in [6.45, 7) is 3.50. The van der Waals surface area contributed by atoms with Crippen molar-refractivity contribution < 1.29 is 13.2 Å². The second-order valence-corrected chi connectivity index (χ2v) is 10.2. The van der Waals surface area contributed by atoms with Gasteiger partial charge in [0.1, 0.15) is 6.04 Å². The molecule has 1 amide bonds. The molecule has 0 radical (unpaired) electrons. The van der Waals surface area contributed by atoms with E-state index in [9.17, 15) is 13.2 Å². The van der Waals surface area contributed by atoms with Crippen molar-refractivity contribution in [2.24, 2.45) is 0 Å². The van der Waals surface area contributed by atoms with Crippen LogP contribution in [0, 0.1) is 6.92 Å². The van der Waals surface area contributed by atoms with Gasteiger partial charge in [-0.25, -0.2) is 8.42 Å². The summed E-state index contributed by atoms with van der Waals surface area (Å²) in [6.07, 6.45) is 2.38. The third-order valence-electron chi connectivity index (χ3n) is 5.64. The molecule has 1 saturated heterocycles. The van der Waals surface area contributed by atoms with Gasteiger partial charge < -0.3 is 4.90 Å². The molecule has 0 bridgehead atoms. The van der Waals surface area contributed by atoms with Gasteiger partial charge in [-0.05, 0) is 61.1 Å². The van der Waals surface area contributed by atoms with Crippen molar-refractivity contribution in [1.82, 2.24) is 9.21 Å². The van der Waals surface area contributed by atoms with Crippen molar-refractivity contribution in [2.75, 3.05) is 13.1 Å². The van der Waals surface area contributed by atoms with Gasteiger partial charge >= 0.3 is 0 Å². The summed E-state index contributed by atoms with van der Waals surface area (Å²) >= 11 is 3.42. The largest absolute Gasteiger partial charge is 0.341 e. The van der Waals surface area contributed by atoms with E-state index in [2.05, 4.69) is 15.9 Å². The number of likely N-dealkylation sites (tertiary alicyclic amines) is 1. The number of aryl methyl sites for hydroxylation is 1. The lowest BCUT2D eigenvalue weighted by molar-refractivity contribution is -0.134. The van der Waals surface area contributed by atoms with Crippen LogP contribution in [0.15, 0.2) is 51.8 Å². The number of sulfonamides is 1. The van der Waals surface area contributed by atoms with Crippen LogP contribution in [0.4, 0.5) is 0 Å². The molecule has 2 aromatic rings. The zero-order valence-corrected chi connectivity index (χ0v) is 18.2. The van der Waals surface area contributed by atoms with E-state index in [1.54, 1.807) is 18.2 Å². The fourth-order valence-electron chi connectivity index (χ4n) is 4.02. The van der Waals surface area contributed by atoms with Crippen LogP contribution >= 0.6 is 15.9 Å². The van der Waals surface area contributed by atoms with E-state index in [4.69, 9.17) is 0 Å². The smallest absolute Gasteiger partial charge is 0.244 e.